The molecule has 4 rings (SSSR count). The molecule has 0 bridgehead atoms. The van der Waals surface area contributed by atoms with Crippen LogP contribution in [0.25, 0.3) is 10.9 Å². The lowest BCUT2D eigenvalue weighted by Gasteiger charge is -2.16. The van der Waals surface area contributed by atoms with Crippen molar-refractivity contribution in [3.63, 3.8) is 0 Å². The van der Waals surface area contributed by atoms with Crippen molar-refractivity contribution < 1.29 is 9.53 Å². The molecule has 33 heavy (non-hydrogen) atoms. The molecule has 0 spiro atoms. The summed E-state index contributed by atoms with van der Waals surface area (Å²) in [6, 6.07) is 4.83. The second kappa shape index (κ2) is 9.16. The molecule has 2 aromatic heterocycles. The molecule has 1 aliphatic heterocycles. The van der Waals surface area contributed by atoms with E-state index in [4.69, 9.17) is 22.1 Å². The number of benzene rings is 1. The van der Waals surface area contributed by atoms with Crippen LogP contribution in [0.5, 0.6) is 0 Å². The van der Waals surface area contributed by atoms with Crippen LogP contribution in [0.15, 0.2) is 37.7 Å². The molecular weight excluding hydrogens is 470 g/mol. The molecule has 10 nitrogen and oxygen atoms in total. The number of hydrogen-bond acceptors (Lipinski definition) is 8. The van der Waals surface area contributed by atoms with Crippen molar-refractivity contribution in [3.05, 3.63) is 60.0 Å². The van der Waals surface area contributed by atoms with E-state index in [1.807, 2.05) is 0 Å². The van der Waals surface area contributed by atoms with Crippen molar-refractivity contribution in [1.29, 1.82) is 0 Å². The SMILES string of the molecule is Cn1c(N)c(C(=O)CSc2nc3cc(Cl)ccc3c(=O)n2CC2CCCO2)c(=O)n(C)c1=O. The summed E-state index contributed by atoms with van der Waals surface area (Å²) in [5, 5.41) is 1.14. The number of ketones is 1. The number of aromatic nitrogens is 4. The van der Waals surface area contributed by atoms with Gasteiger partial charge in [0.05, 0.1) is 29.3 Å². The van der Waals surface area contributed by atoms with Crippen LogP contribution in [-0.2, 0) is 25.4 Å². The molecule has 0 radical (unpaired) electrons. The highest BCUT2D eigenvalue weighted by atomic mass is 35.5. The number of Topliss-reactive ketones (excluding diaryl/α,β-unsaturated/α-hetero) is 1. The second-order valence-electron chi connectivity index (χ2n) is 7.78. The van der Waals surface area contributed by atoms with Crippen molar-refractivity contribution in [2.45, 2.75) is 30.6 Å². The van der Waals surface area contributed by atoms with Crippen LogP contribution < -0.4 is 22.5 Å². The number of thioether (sulfide) groups is 1. The first-order chi connectivity index (χ1) is 15.7. The summed E-state index contributed by atoms with van der Waals surface area (Å²) in [6.45, 7) is 0.928. The van der Waals surface area contributed by atoms with Crippen LogP contribution in [0, 0.1) is 0 Å². The Morgan fingerprint density at radius 3 is 2.70 bits per heavy atom. The molecule has 3 heterocycles. The fraction of sp³-hybridized carbons (Fsp3) is 0.381. The Morgan fingerprint density at radius 1 is 1.24 bits per heavy atom. The summed E-state index contributed by atoms with van der Waals surface area (Å²) < 4.78 is 9.05. The maximum absolute atomic E-state index is 13.2. The Kier molecular flexibility index (Phi) is 6.46. The highest BCUT2D eigenvalue weighted by molar-refractivity contribution is 7.99. The molecule has 0 aliphatic carbocycles. The largest absolute Gasteiger partial charge is 0.384 e. The molecule has 12 heteroatoms. The number of halogens is 1. The van der Waals surface area contributed by atoms with Crippen LogP contribution in [0.3, 0.4) is 0 Å². The topological polar surface area (TPSA) is 131 Å². The van der Waals surface area contributed by atoms with Crippen molar-refractivity contribution >= 4 is 45.9 Å². The number of ether oxygens (including phenoxy) is 1. The summed E-state index contributed by atoms with van der Waals surface area (Å²) in [7, 11) is 2.66. The first-order valence-corrected chi connectivity index (χ1v) is 11.6. The third-order valence-electron chi connectivity index (χ3n) is 5.61. The van der Waals surface area contributed by atoms with E-state index in [2.05, 4.69) is 4.98 Å². The van der Waals surface area contributed by atoms with Crippen molar-refractivity contribution in [2.24, 2.45) is 14.1 Å². The fourth-order valence-corrected chi connectivity index (χ4v) is 4.81. The lowest BCUT2D eigenvalue weighted by molar-refractivity contribution is 0.0937. The number of carbonyl (C=O) groups excluding carboxylic acids is 1. The van der Waals surface area contributed by atoms with Crippen LogP contribution >= 0.6 is 23.4 Å². The number of rotatable bonds is 6. The zero-order chi connectivity index (χ0) is 23.9. The molecule has 1 aromatic carbocycles. The monoisotopic (exact) mass is 491 g/mol. The summed E-state index contributed by atoms with van der Waals surface area (Å²) in [6.07, 6.45) is 1.60. The van der Waals surface area contributed by atoms with E-state index in [-0.39, 0.29) is 28.8 Å². The molecule has 1 saturated heterocycles. The number of nitrogen functional groups attached to an aromatic ring is 1. The second-order valence-corrected chi connectivity index (χ2v) is 9.16. The van der Waals surface area contributed by atoms with Gasteiger partial charge < -0.3 is 10.5 Å². The smallest absolute Gasteiger partial charge is 0.332 e. The van der Waals surface area contributed by atoms with Crippen LogP contribution in [0.2, 0.25) is 5.02 Å². The van der Waals surface area contributed by atoms with E-state index in [1.54, 1.807) is 18.2 Å². The number of fused-ring (bicyclic) bond motifs is 1. The minimum absolute atomic E-state index is 0.129. The standard InChI is InChI=1S/C21H22ClN5O5S/c1-25-17(23)16(19(30)26(2)21(25)31)15(28)10-33-20-24-14-8-11(22)5-6-13(14)18(29)27(20)9-12-4-3-7-32-12/h5-6,8,12H,3-4,7,9-10,23H2,1-2H3. The number of nitrogens with two attached hydrogens (primary N) is 1. The fourth-order valence-electron chi connectivity index (χ4n) is 3.76. The van der Waals surface area contributed by atoms with Crippen molar-refractivity contribution in [2.75, 3.05) is 18.1 Å². The molecule has 1 unspecified atom stereocenters. The highest BCUT2D eigenvalue weighted by Gasteiger charge is 2.23. The average Bonchev–Trinajstić information content (AvgIpc) is 3.30. The minimum atomic E-state index is -0.767. The van der Waals surface area contributed by atoms with Gasteiger partial charge in [0.15, 0.2) is 10.9 Å². The Bertz CT molecular complexity index is 1440. The predicted octanol–water partition coefficient (Wildman–Crippen LogP) is 1.18. The van der Waals surface area contributed by atoms with Gasteiger partial charge in [-0.2, -0.15) is 0 Å². The first-order valence-electron chi connectivity index (χ1n) is 10.2. The first kappa shape index (κ1) is 23.3. The van der Waals surface area contributed by atoms with E-state index >= 15 is 0 Å². The summed E-state index contributed by atoms with van der Waals surface area (Å²) in [5.74, 6) is -0.983. The normalized spacial score (nSPS) is 15.9. The van der Waals surface area contributed by atoms with Crippen molar-refractivity contribution in [1.82, 2.24) is 18.7 Å². The van der Waals surface area contributed by atoms with Gasteiger partial charge in [0.2, 0.25) is 0 Å². The van der Waals surface area contributed by atoms with Gasteiger partial charge in [-0.3, -0.25) is 28.1 Å². The zero-order valence-corrected chi connectivity index (χ0v) is 19.6. The number of anilines is 1. The van der Waals surface area contributed by atoms with Crippen molar-refractivity contribution in [3.8, 4) is 0 Å². The van der Waals surface area contributed by atoms with Crippen LogP contribution in [0.1, 0.15) is 23.2 Å². The average molecular weight is 492 g/mol. The molecule has 1 aliphatic rings. The van der Waals surface area contributed by atoms with Gasteiger partial charge in [0, 0.05) is 25.7 Å². The number of hydrogen-bond donors (Lipinski definition) is 1. The number of carbonyl (C=O) groups is 1. The Morgan fingerprint density at radius 2 is 2.00 bits per heavy atom. The number of nitrogens with zero attached hydrogens (tertiary/aromatic N) is 4. The predicted molar refractivity (Wildman–Crippen MR) is 126 cm³/mol. The highest BCUT2D eigenvalue weighted by Crippen LogP contribution is 2.23. The van der Waals surface area contributed by atoms with E-state index in [1.165, 1.54) is 18.7 Å². The summed E-state index contributed by atoms with van der Waals surface area (Å²) in [5.41, 5.74) is 4.37. The van der Waals surface area contributed by atoms with Gasteiger partial charge in [-0.25, -0.2) is 9.78 Å². The van der Waals surface area contributed by atoms with Gasteiger partial charge in [0.25, 0.3) is 11.1 Å². The van der Waals surface area contributed by atoms with E-state index in [0.29, 0.717) is 34.2 Å². The molecule has 1 atom stereocenters. The van der Waals surface area contributed by atoms with E-state index in [0.717, 1.165) is 33.7 Å². The molecular formula is C21H22ClN5O5S. The molecule has 1 fully saturated rings. The maximum atomic E-state index is 13.2. The molecule has 174 valence electrons. The third kappa shape index (κ3) is 4.35. The Balaban J connectivity index is 1.72. The summed E-state index contributed by atoms with van der Waals surface area (Å²) >= 11 is 7.09. The van der Waals surface area contributed by atoms with Crippen LogP contribution in [0.4, 0.5) is 5.82 Å². The lowest BCUT2D eigenvalue weighted by Crippen LogP contribution is -2.41. The van der Waals surface area contributed by atoms with Gasteiger partial charge in [0.1, 0.15) is 11.4 Å². The Labute approximate surface area is 196 Å². The molecule has 2 N–H and O–H groups in total. The molecule has 0 saturated carbocycles. The maximum Gasteiger partial charge on any atom is 0.332 e. The summed E-state index contributed by atoms with van der Waals surface area (Å²) in [4.78, 5) is 55.3. The van der Waals surface area contributed by atoms with Gasteiger partial charge in [-0.05, 0) is 31.0 Å². The molecule has 0 amide bonds. The van der Waals surface area contributed by atoms with Gasteiger partial charge in [-0.1, -0.05) is 23.4 Å². The molecule has 3 aromatic rings. The van der Waals surface area contributed by atoms with E-state index in [9.17, 15) is 19.2 Å². The van der Waals surface area contributed by atoms with Gasteiger partial charge in [-0.15, -0.1) is 0 Å². The quantitative estimate of drug-likeness (QED) is 0.309. The van der Waals surface area contributed by atoms with E-state index < -0.39 is 17.0 Å². The minimum Gasteiger partial charge on any atom is -0.384 e. The van der Waals surface area contributed by atoms with Crippen LogP contribution in [-0.4, -0.2) is 42.9 Å². The van der Waals surface area contributed by atoms with Gasteiger partial charge >= 0.3 is 5.69 Å². The third-order valence-corrected chi connectivity index (χ3v) is 6.83. The lowest BCUT2D eigenvalue weighted by atomic mass is 10.2. The Hall–Kier alpha value is -2.89. The zero-order valence-electron chi connectivity index (χ0n) is 18.0.